The Balaban J connectivity index is 3.52. The molecule has 0 fully saturated rings. The largest absolute Gasteiger partial charge is 0.397 e. The molecule has 0 saturated carbocycles. The number of halogens is 1. The fourth-order valence-electron chi connectivity index (χ4n) is 0.704. The van der Waals surface area contributed by atoms with Crippen LogP contribution in [0.3, 0.4) is 0 Å². The average Bonchev–Trinajstić information content (AvgIpc) is 1.80. The highest BCUT2D eigenvalue weighted by Gasteiger charge is 2.23. The van der Waals surface area contributed by atoms with Crippen LogP contribution >= 0.6 is 22.6 Å². The quantitative estimate of drug-likeness (QED) is 0.473. The summed E-state index contributed by atoms with van der Waals surface area (Å²) >= 11 is 2.35. The van der Waals surface area contributed by atoms with Gasteiger partial charge in [0.1, 0.15) is 0 Å². The summed E-state index contributed by atoms with van der Waals surface area (Å²) in [6, 6.07) is 0. The number of hydrogen-bond donors (Lipinski definition) is 1. The molecule has 0 bridgehead atoms. The lowest BCUT2D eigenvalue weighted by molar-refractivity contribution is 0.233. The summed E-state index contributed by atoms with van der Waals surface area (Å²) in [5, 5.41) is 9.58. The van der Waals surface area contributed by atoms with E-state index in [-0.39, 0.29) is 5.73 Å². The predicted octanol–water partition coefficient (Wildman–Crippen LogP) is 2.44. The molecular formula is C7H17IOSi. The molecule has 0 aromatic carbocycles. The van der Waals surface area contributed by atoms with Crippen molar-refractivity contribution in [2.45, 2.75) is 38.2 Å². The molecule has 0 aromatic rings. The Hall–Kier alpha value is 0.907. The van der Waals surface area contributed by atoms with Gasteiger partial charge in [0.05, 0.1) is 8.07 Å². The molecule has 0 radical (unpaired) electrons. The second kappa shape index (κ2) is 4.72. The lowest BCUT2D eigenvalue weighted by Crippen LogP contribution is -2.37. The third kappa shape index (κ3) is 4.68. The van der Waals surface area contributed by atoms with Gasteiger partial charge in [-0.05, 0) is 17.3 Å². The summed E-state index contributed by atoms with van der Waals surface area (Å²) in [7, 11) is -1.25. The molecule has 0 saturated heterocycles. The predicted molar refractivity (Wildman–Crippen MR) is 57.5 cm³/mol. The summed E-state index contributed by atoms with van der Waals surface area (Å²) in [5.74, 6) is 0. The van der Waals surface area contributed by atoms with Crippen molar-refractivity contribution in [3.8, 4) is 0 Å². The number of alkyl halides is 1. The minimum absolute atomic E-state index is 0.00210. The number of aliphatic hydroxyl groups excluding tert-OH is 1. The van der Waals surface area contributed by atoms with Crippen molar-refractivity contribution in [1.82, 2.24) is 0 Å². The van der Waals surface area contributed by atoms with E-state index >= 15 is 0 Å². The van der Waals surface area contributed by atoms with Crippen LogP contribution in [0.4, 0.5) is 0 Å². The molecule has 0 heterocycles. The molecule has 1 atom stereocenters. The van der Waals surface area contributed by atoms with Crippen LogP contribution < -0.4 is 0 Å². The van der Waals surface area contributed by atoms with Gasteiger partial charge in [-0.3, -0.25) is 0 Å². The minimum Gasteiger partial charge on any atom is -0.397 e. The Bertz CT molecular complexity index is 90.1. The van der Waals surface area contributed by atoms with Gasteiger partial charge in [0.15, 0.2) is 0 Å². The van der Waals surface area contributed by atoms with Gasteiger partial charge in [-0.2, -0.15) is 0 Å². The number of rotatable bonds is 4. The van der Waals surface area contributed by atoms with Gasteiger partial charge in [0.2, 0.25) is 0 Å². The molecule has 10 heavy (non-hydrogen) atoms. The van der Waals surface area contributed by atoms with Gasteiger partial charge in [-0.25, -0.2) is 0 Å². The van der Waals surface area contributed by atoms with E-state index in [1.165, 1.54) is 4.43 Å². The molecule has 62 valence electrons. The number of hydrogen-bond acceptors (Lipinski definition) is 1. The first-order valence-electron chi connectivity index (χ1n) is 3.72. The molecule has 0 amide bonds. The second-order valence-electron chi connectivity index (χ2n) is 3.71. The molecule has 1 unspecified atom stereocenters. The van der Waals surface area contributed by atoms with Crippen LogP contribution in [-0.4, -0.2) is 23.3 Å². The highest BCUT2D eigenvalue weighted by molar-refractivity contribution is 14.1. The Kier molecular flexibility index (Phi) is 5.15. The maximum absolute atomic E-state index is 9.58. The molecule has 0 aliphatic rings. The van der Waals surface area contributed by atoms with Gasteiger partial charge >= 0.3 is 0 Å². The fourth-order valence-corrected chi connectivity index (χ4v) is 2.21. The van der Waals surface area contributed by atoms with E-state index in [2.05, 4.69) is 42.2 Å². The van der Waals surface area contributed by atoms with Crippen molar-refractivity contribution >= 4 is 30.7 Å². The molecule has 0 aromatic heterocycles. The van der Waals surface area contributed by atoms with E-state index in [1.807, 2.05) is 0 Å². The second-order valence-corrected chi connectivity index (χ2v) is 10.2. The first-order valence-corrected chi connectivity index (χ1v) is 8.83. The standard InChI is InChI=1S/C7H17IOSi/c1-10(2,3)7(9)5-4-6-8/h7,9H,4-6H2,1-3H3. The lowest BCUT2D eigenvalue weighted by atomic mass is 10.4. The highest BCUT2D eigenvalue weighted by atomic mass is 127. The zero-order valence-corrected chi connectivity index (χ0v) is 10.2. The third-order valence-electron chi connectivity index (χ3n) is 1.61. The van der Waals surface area contributed by atoms with E-state index in [1.54, 1.807) is 0 Å². The van der Waals surface area contributed by atoms with Gasteiger partial charge in [-0.1, -0.05) is 42.2 Å². The van der Waals surface area contributed by atoms with Crippen LogP contribution in [-0.2, 0) is 0 Å². The SMILES string of the molecule is C[Si](C)(C)C(O)CCCI. The zero-order chi connectivity index (χ0) is 8.20. The first-order chi connectivity index (χ1) is 4.48. The van der Waals surface area contributed by atoms with Crippen LogP contribution in [0.1, 0.15) is 12.8 Å². The van der Waals surface area contributed by atoms with Crippen LogP contribution in [0.5, 0.6) is 0 Å². The fraction of sp³-hybridized carbons (Fsp3) is 1.00. The summed E-state index contributed by atoms with van der Waals surface area (Å²) in [4.78, 5) is 0. The number of aliphatic hydroxyl groups is 1. The molecular weight excluding hydrogens is 255 g/mol. The van der Waals surface area contributed by atoms with Gasteiger partial charge in [0.25, 0.3) is 0 Å². The van der Waals surface area contributed by atoms with Gasteiger partial charge < -0.3 is 5.11 Å². The molecule has 1 N–H and O–H groups in total. The monoisotopic (exact) mass is 272 g/mol. The lowest BCUT2D eigenvalue weighted by Gasteiger charge is -2.23. The Morgan fingerprint density at radius 1 is 1.40 bits per heavy atom. The van der Waals surface area contributed by atoms with E-state index in [9.17, 15) is 5.11 Å². The zero-order valence-electron chi connectivity index (χ0n) is 7.02. The molecule has 0 aliphatic heterocycles. The van der Waals surface area contributed by atoms with Crippen molar-refractivity contribution in [1.29, 1.82) is 0 Å². The van der Waals surface area contributed by atoms with Crippen molar-refractivity contribution in [3.05, 3.63) is 0 Å². The first kappa shape index (κ1) is 10.9. The Morgan fingerprint density at radius 3 is 2.20 bits per heavy atom. The molecule has 0 rings (SSSR count). The summed E-state index contributed by atoms with van der Waals surface area (Å²) < 4.78 is 1.17. The van der Waals surface area contributed by atoms with Crippen molar-refractivity contribution < 1.29 is 5.11 Å². The third-order valence-corrected chi connectivity index (χ3v) is 4.66. The van der Waals surface area contributed by atoms with Gasteiger partial charge in [0, 0.05) is 5.73 Å². The van der Waals surface area contributed by atoms with Crippen molar-refractivity contribution in [2.24, 2.45) is 0 Å². The normalized spacial score (nSPS) is 15.3. The van der Waals surface area contributed by atoms with Gasteiger partial charge in [-0.15, -0.1) is 0 Å². The Labute approximate surface area is 78.4 Å². The molecule has 0 aliphatic carbocycles. The van der Waals surface area contributed by atoms with Crippen molar-refractivity contribution in [3.63, 3.8) is 0 Å². The average molecular weight is 272 g/mol. The molecule has 3 heteroatoms. The van der Waals surface area contributed by atoms with Crippen molar-refractivity contribution in [2.75, 3.05) is 4.43 Å². The molecule has 0 spiro atoms. The summed E-state index contributed by atoms with van der Waals surface area (Å²) in [6.07, 6.45) is 2.16. The topological polar surface area (TPSA) is 20.2 Å². The van der Waals surface area contributed by atoms with E-state index in [0.717, 1.165) is 12.8 Å². The summed E-state index contributed by atoms with van der Waals surface area (Å²) in [5.41, 5.74) is 0.00210. The maximum atomic E-state index is 9.58. The Morgan fingerprint density at radius 2 is 1.90 bits per heavy atom. The van der Waals surface area contributed by atoms with E-state index < -0.39 is 8.07 Å². The van der Waals surface area contributed by atoms with Crippen LogP contribution in [0, 0.1) is 0 Å². The van der Waals surface area contributed by atoms with Crippen LogP contribution in [0.25, 0.3) is 0 Å². The van der Waals surface area contributed by atoms with Crippen LogP contribution in [0.2, 0.25) is 19.6 Å². The smallest absolute Gasteiger partial charge is 0.0781 e. The van der Waals surface area contributed by atoms with Crippen LogP contribution in [0.15, 0.2) is 0 Å². The minimum atomic E-state index is -1.25. The summed E-state index contributed by atoms with van der Waals surface area (Å²) in [6.45, 7) is 6.64. The van der Waals surface area contributed by atoms with E-state index in [0.29, 0.717) is 0 Å². The maximum Gasteiger partial charge on any atom is 0.0781 e. The highest BCUT2D eigenvalue weighted by Crippen LogP contribution is 2.12. The molecule has 1 nitrogen and oxygen atoms in total. The van der Waals surface area contributed by atoms with E-state index in [4.69, 9.17) is 0 Å².